The molecule has 0 aromatic carbocycles. The lowest BCUT2D eigenvalue weighted by Crippen LogP contribution is -2.06. The van der Waals surface area contributed by atoms with E-state index in [1.807, 2.05) is 0 Å². The molecule has 1 aromatic rings. The highest BCUT2D eigenvalue weighted by atomic mass is 35.5. The van der Waals surface area contributed by atoms with E-state index in [0.717, 1.165) is 6.20 Å². The lowest BCUT2D eigenvalue weighted by molar-refractivity contribution is 0.106. The molecule has 1 rings (SSSR count). The molecule has 4 nitrogen and oxygen atoms in total. The summed E-state index contributed by atoms with van der Waals surface area (Å²) < 4.78 is 24.6. The van der Waals surface area contributed by atoms with Gasteiger partial charge in [0, 0.05) is 0 Å². The van der Waals surface area contributed by atoms with Gasteiger partial charge in [-0.25, -0.2) is 8.78 Å². The number of nitrogen functional groups attached to an aromatic ring is 1. The molecule has 14 heavy (non-hydrogen) atoms. The first-order valence-corrected chi connectivity index (χ1v) is 3.78. The van der Waals surface area contributed by atoms with E-state index in [0.29, 0.717) is 0 Å². The number of halogens is 3. The number of nitrogens with two attached hydrogens (primary N) is 1. The van der Waals surface area contributed by atoms with Gasteiger partial charge in [0.1, 0.15) is 5.69 Å². The summed E-state index contributed by atoms with van der Waals surface area (Å²) in [4.78, 5) is 13.9. The Morgan fingerprint density at radius 2 is 2.21 bits per heavy atom. The Morgan fingerprint density at radius 1 is 1.64 bits per heavy atom. The second-order valence-corrected chi connectivity index (χ2v) is 2.74. The Hall–Kier alpha value is -1.43. The van der Waals surface area contributed by atoms with Crippen molar-refractivity contribution in [3.8, 4) is 5.75 Å². The second kappa shape index (κ2) is 3.75. The van der Waals surface area contributed by atoms with Crippen molar-refractivity contribution < 1.29 is 18.7 Å². The monoisotopic (exact) mass is 222 g/mol. The van der Waals surface area contributed by atoms with Gasteiger partial charge in [-0.05, 0) is 11.6 Å². The number of aromatic nitrogens is 1. The van der Waals surface area contributed by atoms with Crippen molar-refractivity contribution in [3.63, 3.8) is 0 Å². The summed E-state index contributed by atoms with van der Waals surface area (Å²) in [6.45, 7) is 0. The molecule has 0 spiro atoms. The molecule has 1 aromatic heterocycles. The fourth-order valence-corrected chi connectivity index (χ4v) is 1.10. The van der Waals surface area contributed by atoms with Gasteiger partial charge >= 0.3 is 0 Å². The lowest BCUT2D eigenvalue weighted by atomic mass is 10.1. The van der Waals surface area contributed by atoms with Crippen molar-refractivity contribution in [2.45, 2.75) is 6.43 Å². The van der Waals surface area contributed by atoms with Crippen LogP contribution in [0.5, 0.6) is 5.75 Å². The van der Waals surface area contributed by atoms with Gasteiger partial charge in [-0.2, -0.15) is 0 Å². The molecule has 0 amide bonds. The summed E-state index contributed by atoms with van der Waals surface area (Å²) in [5.74, 6) is -0.557. The molecular formula is C7H5ClF2N2O2. The Labute approximate surface area is 82.3 Å². The molecule has 0 aliphatic carbocycles. The van der Waals surface area contributed by atoms with E-state index in [1.165, 1.54) is 0 Å². The molecule has 0 saturated heterocycles. The summed E-state index contributed by atoms with van der Waals surface area (Å²) >= 11 is 5.03. The Morgan fingerprint density at radius 3 is 2.64 bits per heavy atom. The Kier molecular flexibility index (Phi) is 2.85. The minimum atomic E-state index is -2.98. The van der Waals surface area contributed by atoms with Crippen LogP contribution >= 0.6 is 11.6 Å². The third-order valence-corrected chi connectivity index (χ3v) is 1.72. The quantitative estimate of drug-likeness (QED) is 0.747. The van der Waals surface area contributed by atoms with Crippen LogP contribution in [0.25, 0.3) is 0 Å². The van der Waals surface area contributed by atoms with E-state index in [9.17, 15) is 13.6 Å². The van der Waals surface area contributed by atoms with Gasteiger partial charge < -0.3 is 10.8 Å². The minimum Gasteiger partial charge on any atom is -0.504 e. The van der Waals surface area contributed by atoms with Gasteiger partial charge in [0.05, 0.1) is 17.4 Å². The van der Waals surface area contributed by atoms with Gasteiger partial charge in [0.15, 0.2) is 5.75 Å². The van der Waals surface area contributed by atoms with Crippen LogP contribution in [0.2, 0.25) is 0 Å². The summed E-state index contributed by atoms with van der Waals surface area (Å²) in [5, 5.41) is 7.83. The number of pyridine rings is 1. The summed E-state index contributed by atoms with van der Waals surface area (Å²) in [7, 11) is 0. The first-order chi connectivity index (χ1) is 6.45. The predicted octanol–water partition coefficient (Wildman–Crippen LogP) is 1.69. The highest BCUT2D eigenvalue weighted by Crippen LogP contribution is 2.31. The van der Waals surface area contributed by atoms with Gasteiger partial charge in [0.2, 0.25) is 0 Å². The summed E-state index contributed by atoms with van der Waals surface area (Å²) in [5.41, 5.74) is 3.22. The zero-order valence-electron chi connectivity index (χ0n) is 6.67. The maximum absolute atomic E-state index is 12.3. The number of hydrogen-bond donors (Lipinski definition) is 2. The van der Waals surface area contributed by atoms with Crippen molar-refractivity contribution in [1.82, 2.24) is 4.98 Å². The first-order valence-electron chi connectivity index (χ1n) is 3.40. The number of alkyl halides is 2. The molecule has 1 heterocycles. The minimum absolute atomic E-state index is 0.490. The predicted molar refractivity (Wildman–Crippen MR) is 45.5 cm³/mol. The van der Waals surface area contributed by atoms with Crippen LogP contribution in [0.3, 0.4) is 0 Å². The van der Waals surface area contributed by atoms with Crippen LogP contribution in [-0.2, 0) is 0 Å². The average Bonchev–Trinajstić information content (AvgIpc) is 2.08. The standard InChI is InChI=1S/C7H5ClF2N2O2/c8-6(14)3-4(11)2(13)1-12-5(3)7(9)10/h1,7,13H,(H2,11,12). The maximum Gasteiger partial charge on any atom is 0.281 e. The zero-order chi connectivity index (χ0) is 10.9. The number of aromatic hydroxyl groups is 1. The first kappa shape index (κ1) is 10.6. The fourth-order valence-electron chi connectivity index (χ4n) is 0.903. The Balaban J connectivity index is 3.45. The maximum atomic E-state index is 12.3. The topological polar surface area (TPSA) is 76.2 Å². The molecule has 0 fully saturated rings. The third kappa shape index (κ3) is 1.74. The van der Waals surface area contributed by atoms with E-state index in [1.54, 1.807) is 0 Å². The van der Waals surface area contributed by atoms with E-state index in [2.05, 4.69) is 4.98 Å². The van der Waals surface area contributed by atoms with Gasteiger partial charge in [-0.3, -0.25) is 9.78 Å². The van der Waals surface area contributed by atoms with E-state index in [-0.39, 0.29) is 0 Å². The third-order valence-electron chi connectivity index (χ3n) is 1.53. The van der Waals surface area contributed by atoms with E-state index in [4.69, 9.17) is 22.4 Å². The van der Waals surface area contributed by atoms with Crippen LogP contribution in [0, 0.1) is 0 Å². The van der Waals surface area contributed by atoms with Crippen LogP contribution in [0.4, 0.5) is 14.5 Å². The normalized spacial score (nSPS) is 10.6. The molecule has 0 radical (unpaired) electrons. The highest BCUT2D eigenvalue weighted by molar-refractivity contribution is 6.68. The summed E-state index contributed by atoms with van der Waals surface area (Å²) in [6.07, 6.45) is -2.24. The largest absolute Gasteiger partial charge is 0.504 e. The SMILES string of the molecule is Nc1c(O)cnc(C(F)F)c1C(=O)Cl. The molecular weight excluding hydrogens is 218 g/mol. The smallest absolute Gasteiger partial charge is 0.281 e. The lowest BCUT2D eigenvalue weighted by Gasteiger charge is -2.07. The molecule has 0 bridgehead atoms. The zero-order valence-corrected chi connectivity index (χ0v) is 7.42. The van der Waals surface area contributed by atoms with Crippen LogP contribution < -0.4 is 5.73 Å². The van der Waals surface area contributed by atoms with Crippen molar-refractivity contribution in [2.24, 2.45) is 0 Å². The molecule has 7 heteroatoms. The molecule has 0 saturated carbocycles. The van der Waals surface area contributed by atoms with Crippen LogP contribution in [0.1, 0.15) is 22.5 Å². The van der Waals surface area contributed by atoms with Crippen LogP contribution in [0.15, 0.2) is 6.20 Å². The molecule has 0 aliphatic rings. The van der Waals surface area contributed by atoms with Crippen molar-refractivity contribution in [1.29, 1.82) is 0 Å². The summed E-state index contributed by atoms with van der Waals surface area (Å²) in [6, 6.07) is 0. The molecule has 76 valence electrons. The van der Waals surface area contributed by atoms with Crippen molar-refractivity contribution in [3.05, 3.63) is 17.5 Å². The second-order valence-electron chi connectivity index (χ2n) is 2.39. The van der Waals surface area contributed by atoms with Crippen molar-refractivity contribution in [2.75, 3.05) is 5.73 Å². The number of rotatable bonds is 2. The number of nitrogens with zero attached hydrogens (tertiary/aromatic N) is 1. The van der Waals surface area contributed by atoms with E-state index >= 15 is 0 Å². The number of anilines is 1. The Bertz CT molecular complexity index is 384. The van der Waals surface area contributed by atoms with Crippen LogP contribution in [-0.4, -0.2) is 15.3 Å². The van der Waals surface area contributed by atoms with E-state index < -0.39 is 34.4 Å². The van der Waals surface area contributed by atoms with Crippen molar-refractivity contribution >= 4 is 22.5 Å². The molecule has 3 N–H and O–H groups in total. The average molecular weight is 223 g/mol. The van der Waals surface area contributed by atoms with Gasteiger partial charge in [0.25, 0.3) is 11.7 Å². The van der Waals surface area contributed by atoms with Gasteiger partial charge in [-0.1, -0.05) is 0 Å². The van der Waals surface area contributed by atoms with Gasteiger partial charge in [-0.15, -0.1) is 0 Å². The number of hydrogen-bond acceptors (Lipinski definition) is 4. The number of carbonyl (C=O) groups excluding carboxylic acids is 1. The number of carbonyl (C=O) groups is 1. The highest BCUT2D eigenvalue weighted by Gasteiger charge is 2.23. The molecule has 0 atom stereocenters. The molecule has 0 aliphatic heterocycles. The molecule has 0 unspecified atom stereocenters. The fraction of sp³-hybridized carbons (Fsp3) is 0.143.